The lowest BCUT2D eigenvalue weighted by molar-refractivity contribution is 0.230. The molecule has 13 heavy (non-hydrogen) atoms. The Kier molecular flexibility index (Phi) is 7.68. The Morgan fingerprint density at radius 3 is 2.69 bits per heavy atom. The predicted molar refractivity (Wildman–Crippen MR) is 55.1 cm³/mol. The van der Waals surface area contributed by atoms with Crippen molar-refractivity contribution in [2.45, 2.75) is 26.2 Å². The smallest absolute Gasteiger partial charge is 0.297 e. The summed E-state index contributed by atoms with van der Waals surface area (Å²) in [4.78, 5) is 0. The number of halogens is 1. The molecular formula is C8H16ClO3P. The van der Waals surface area contributed by atoms with Gasteiger partial charge in [0.25, 0.3) is 0 Å². The molecule has 5 heteroatoms. The molecule has 0 aromatic heterocycles. The van der Waals surface area contributed by atoms with Gasteiger partial charge in [0.1, 0.15) is 0 Å². The molecule has 0 rings (SSSR count). The van der Waals surface area contributed by atoms with Crippen LogP contribution >= 0.6 is 18.2 Å². The molecule has 0 saturated heterocycles. The maximum Gasteiger partial charge on any atom is 0.424 e. The predicted octanol–water partition coefficient (Wildman–Crippen LogP) is 3.74. The normalized spacial score (nSPS) is 15.2. The van der Waals surface area contributed by atoms with E-state index in [9.17, 15) is 4.57 Å². The standard InChI is InChI=1S/C8H16ClO3P/c1-3-5-6-8-12-13(9,10)11-7-4-2/h4H,2-3,5-8H2,1H3. The zero-order valence-corrected chi connectivity index (χ0v) is 9.52. The molecule has 0 fully saturated rings. The Morgan fingerprint density at radius 1 is 1.46 bits per heavy atom. The molecule has 0 saturated carbocycles. The summed E-state index contributed by atoms with van der Waals surface area (Å²) >= 11 is 5.46. The molecule has 0 heterocycles. The topological polar surface area (TPSA) is 35.5 Å². The Hall–Kier alpha value is 0.180. The Bertz CT molecular complexity index is 184. The molecule has 0 aliphatic carbocycles. The van der Waals surface area contributed by atoms with Crippen LogP contribution in [0.1, 0.15) is 26.2 Å². The largest absolute Gasteiger partial charge is 0.424 e. The fourth-order valence-corrected chi connectivity index (χ4v) is 1.79. The van der Waals surface area contributed by atoms with Gasteiger partial charge in [0, 0.05) is 11.2 Å². The second kappa shape index (κ2) is 7.57. The zero-order chi connectivity index (χ0) is 10.2. The highest BCUT2D eigenvalue weighted by atomic mass is 35.7. The van der Waals surface area contributed by atoms with Crippen molar-refractivity contribution in [3.8, 4) is 0 Å². The van der Waals surface area contributed by atoms with Gasteiger partial charge < -0.3 is 0 Å². The maximum atomic E-state index is 11.2. The van der Waals surface area contributed by atoms with Gasteiger partial charge in [0.2, 0.25) is 0 Å². The van der Waals surface area contributed by atoms with E-state index in [1.165, 1.54) is 6.08 Å². The fourth-order valence-electron chi connectivity index (χ4n) is 0.705. The van der Waals surface area contributed by atoms with Crippen LogP contribution in [0, 0.1) is 0 Å². The average molecular weight is 227 g/mol. The van der Waals surface area contributed by atoms with Crippen molar-refractivity contribution in [1.82, 2.24) is 0 Å². The van der Waals surface area contributed by atoms with Gasteiger partial charge in [-0.05, 0) is 6.42 Å². The third-order valence-electron chi connectivity index (χ3n) is 1.34. The quantitative estimate of drug-likeness (QED) is 0.359. The van der Waals surface area contributed by atoms with Crippen LogP contribution in [-0.2, 0) is 13.6 Å². The first-order chi connectivity index (χ1) is 6.12. The van der Waals surface area contributed by atoms with E-state index in [0.29, 0.717) is 6.61 Å². The summed E-state index contributed by atoms with van der Waals surface area (Å²) in [5, 5.41) is 0. The second-order valence-corrected chi connectivity index (χ2v) is 5.18. The van der Waals surface area contributed by atoms with Crippen molar-refractivity contribution in [1.29, 1.82) is 0 Å². The summed E-state index contributed by atoms with van der Waals surface area (Å²) in [6.07, 6.45) is 4.46. The maximum absolute atomic E-state index is 11.2. The van der Waals surface area contributed by atoms with E-state index in [4.69, 9.17) is 20.3 Å². The summed E-state index contributed by atoms with van der Waals surface area (Å²) in [5.41, 5.74) is 0. The Morgan fingerprint density at radius 2 is 2.15 bits per heavy atom. The highest BCUT2D eigenvalue weighted by molar-refractivity contribution is 7.81. The first kappa shape index (κ1) is 13.2. The van der Waals surface area contributed by atoms with Gasteiger partial charge >= 0.3 is 6.95 Å². The lowest BCUT2D eigenvalue weighted by atomic mass is 10.3. The van der Waals surface area contributed by atoms with Crippen LogP contribution in [0.5, 0.6) is 0 Å². The fraction of sp³-hybridized carbons (Fsp3) is 0.750. The molecule has 0 bridgehead atoms. The van der Waals surface area contributed by atoms with Crippen LogP contribution in [-0.4, -0.2) is 13.2 Å². The SMILES string of the molecule is C=CCOP(=O)(Cl)OCCCCC. The third kappa shape index (κ3) is 8.51. The minimum atomic E-state index is -3.35. The van der Waals surface area contributed by atoms with E-state index in [1.807, 2.05) is 0 Å². The molecule has 0 aromatic carbocycles. The van der Waals surface area contributed by atoms with Gasteiger partial charge in [-0.1, -0.05) is 25.8 Å². The third-order valence-corrected chi connectivity index (χ3v) is 2.87. The summed E-state index contributed by atoms with van der Waals surface area (Å²) in [5.74, 6) is 0. The Labute approximate surface area is 84.4 Å². The molecule has 0 amide bonds. The molecule has 1 atom stereocenters. The highest BCUT2D eigenvalue weighted by Gasteiger charge is 2.19. The highest BCUT2D eigenvalue weighted by Crippen LogP contribution is 2.53. The molecule has 78 valence electrons. The molecule has 3 nitrogen and oxygen atoms in total. The van der Waals surface area contributed by atoms with E-state index in [-0.39, 0.29) is 6.61 Å². The summed E-state index contributed by atoms with van der Waals surface area (Å²) < 4.78 is 20.8. The molecule has 0 radical (unpaired) electrons. The van der Waals surface area contributed by atoms with Gasteiger partial charge in [0.05, 0.1) is 13.2 Å². The van der Waals surface area contributed by atoms with Gasteiger partial charge in [0.15, 0.2) is 0 Å². The summed E-state index contributed by atoms with van der Waals surface area (Å²) in [6.45, 7) is 2.67. The number of hydrogen-bond donors (Lipinski definition) is 0. The molecular weight excluding hydrogens is 211 g/mol. The van der Waals surface area contributed by atoms with E-state index < -0.39 is 6.95 Å². The number of rotatable bonds is 8. The number of hydrogen-bond acceptors (Lipinski definition) is 3. The number of unbranched alkanes of at least 4 members (excludes halogenated alkanes) is 2. The van der Waals surface area contributed by atoms with E-state index in [2.05, 4.69) is 13.5 Å². The van der Waals surface area contributed by atoms with Crippen LogP contribution in [0.25, 0.3) is 0 Å². The molecule has 0 aliphatic heterocycles. The minimum Gasteiger partial charge on any atom is -0.297 e. The van der Waals surface area contributed by atoms with E-state index in [0.717, 1.165) is 19.3 Å². The average Bonchev–Trinajstić information content (AvgIpc) is 2.09. The van der Waals surface area contributed by atoms with Crippen molar-refractivity contribution in [2.24, 2.45) is 0 Å². The molecule has 0 aromatic rings. The van der Waals surface area contributed by atoms with Gasteiger partial charge in [-0.25, -0.2) is 4.57 Å². The van der Waals surface area contributed by atoms with Crippen LogP contribution in [0.3, 0.4) is 0 Å². The molecule has 0 spiro atoms. The second-order valence-electron chi connectivity index (χ2n) is 2.56. The molecule has 1 unspecified atom stereocenters. The summed E-state index contributed by atoms with van der Waals surface area (Å²) in [6, 6.07) is 0. The van der Waals surface area contributed by atoms with Crippen LogP contribution in [0.4, 0.5) is 0 Å². The van der Waals surface area contributed by atoms with Crippen molar-refractivity contribution < 1.29 is 13.6 Å². The Balaban J connectivity index is 3.50. The van der Waals surface area contributed by atoms with Crippen molar-refractivity contribution >= 4 is 18.2 Å². The lowest BCUT2D eigenvalue weighted by Gasteiger charge is -2.09. The van der Waals surface area contributed by atoms with Crippen LogP contribution < -0.4 is 0 Å². The van der Waals surface area contributed by atoms with Crippen molar-refractivity contribution in [3.63, 3.8) is 0 Å². The van der Waals surface area contributed by atoms with Gasteiger partial charge in [-0.2, -0.15) is 0 Å². The zero-order valence-electron chi connectivity index (χ0n) is 7.87. The minimum absolute atomic E-state index is 0.147. The van der Waals surface area contributed by atoms with Gasteiger partial charge in [-0.3, -0.25) is 9.05 Å². The lowest BCUT2D eigenvalue weighted by Crippen LogP contribution is -1.93. The summed E-state index contributed by atoms with van der Waals surface area (Å²) in [7, 11) is 0. The van der Waals surface area contributed by atoms with E-state index >= 15 is 0 Å². The van der Waals surface area contributed by atoms with Crippen molar-refractivity contribution in [3.05, 3.63) is 12.7 Å². The first-order valence-corrected chi connectivity index (χ1v) is 6.77. The molecule has 0 aliphatic rings. The molecule has 0 N–H and O–H groups in total. The van der Waals surface area contributed by atoms with Gasteiger partial charge in [-0.15, -0.1) is 6.58 Å². The van der Waals surface area contributed by atoms with Crippen molar-refractivity contribution in [2.75, 3.05) is 13.2 Å². The van der Waals surface area contributed by atoms with Crippen LogP contribution in [0.2, 0.25) is 0 Å². The van der Waals surface area contributed by atoms with E-state index in [1.54, 1.807) is 0 Å². The van der Waals surface area contributed by atoms with Crippen LogP contribution in [0.15, 0.2) is 12.7 Å². The first-order valence-electron chi connectivity index (χ1n) is 4.32. The monoisotopic (exact) mass is 226 g/mol.